The minimum absolute atomic E-state index is 0.149. The van der Waals surface area contributed by atoms with E-state index in [0.717, 1.165) is 25.1 Å². The molecule has 1 N–H and O–H groups in total. The summed E-state index contributed by atoms with van der Waals surface area (Å²) in [5.41, 5.74) is 1.10. The molecular formula is C10H14N2O. The van der Waals surface area contributed by atoms with E-state index in [1.807, 2.05) is 12.1 Å². The molecule has 70 valence electrons. The van der Waals surface area contributed by atoms with Crippen LogP contribution < -0.4 is 10.9 Å². The predicted octanol–water partition coefficient (Wildman–Crippen LogP) is 0.462. The van der Waals surface area contributed by atoms with Crippen LogP contribution in [0.4, 0.5) is 0 Å². The number of hydrogen-bond donors (Lipinski definition) is 1. The molecule has 3 nitrogen and oxygen atoms in total. The van der Waals surface area contributed by atoms with Gasteiger partial charge in [0.25, 0.3) is 5.56 Å². The summed E-state index contributed by atoms with van der Waals surface area (Å²) < 4.78 is 1.65. The molecule has 1 aromatic rings. The van der Waals surface area contributed by atoms with Crippen LogP contribution in [0.5, 0.6) is 0 Å². The lowest BCUT2D eigenvalue weighted by Crippen LogP contribution is -2.23. The van der Waals surface area contributed by atoms with E-state index in [-0.39, 0.29) is 5.56 Å². The zero-order valence-electron chi connectivity index (χ0n) is 7.79. The standard InChI is InChI=1S/C10H14N2O/c1-12-6-2-3-9(10(12)13)8-4-5-11-7-8/h2-3,6,8,11H,4-5,7H2,1H3. The molecule has 0 aromatic carbocycles. The number of aryl methyl sites for hydroxylation is 1. The van der Waals surface area contributed by atoms with Gasteiger partial charge < -0.3 is 9.88 Å². The summed E-state index contributed by atoms with van der Waals surface area (Å²) in [6, 6.07) is 3.88. The van der Waals surface area contributed by atoms with Gasteiger partial charge in [0.2, 0.25) is 0 Å². The Balaban J connectivity index is 2.39. The third-order valence-corrected chi connectivity index (χ3v) is 2.65. The molecule has 1 aliphatic rings. The first-order chi connectivity index (χ1) is 6.29. The molecule has 2 rings (SSSR count). The van der Waals surface area contributed by atoms with Crippen LogP contribution in [0.3, 0.4) is 0 Å². The lowest BCUT2D eigenvalue weighted by molar-refractivity contribution is 0.724. The molecular weight excluding hydrogens is 164 g/mol. The Morgan fingerprint density at radius 1 is 1.62 bits per heavy atom. The van der Waals surface area contributed by atoms with Gasteiger partial charge in [0.05, 0.1) is 0 Å². The molecule has 1 fully saturated rings. The number of nitrogens with zero attached hydrogens (tertiary/aromatic N) is 1. The second-order valence-corrected chi connectivity index (χ2v) is 3.57. The summed E-state index contributed by atoms with van der Waals surface area (Å²) in [7, 11) is 1.80. The summed E-state index contributed by atoms with van der Waals surface area (Å²) in [4.78, 5) is 11.7. The van der Waals surface area contributed by atoms with E-state index in [1.54, 1.807) is 17.8 Å². The highest BCUT2D eigenvalue weighted by Crippen LogP contribution is 2.18. The molecule has 0 bridgehead atoms. The summed E-state index contributed by atoms with van der Waals surface area (Å²) in [6.07, 6.45) is 2.88. The van der Waals surface area contributed by atoms with Crippen molar-refractivity contribution in [3.8, 4) is 0 Å². The highest BCUT2D eigenvalue weighted by molar-refractivity contribution is 5.17. The quantitative estimate of drug-likeness (QED) is 0.678. The van der Waals surface area contributed by atoms with E-state index >= 15 is 0 Å². The molecule has 0 aliphatic carbocycles. The molecule has 1 aliphatic heterocycles. The smallest absolute Gasteiger partial charge is 0.253 e. The van der Waals surface area contributed by atoms with Gasteiger partial charge in [0.15, 0.2) is 0 Å². The van der Waals surface area contributed by atoms with Gasteiger partial charge in [-0.2, -0.15) is 0 Å². The molecule has 1 atom stereocenters. The van der Waals surface area contributed by atoms with Crippen LogP contribution in [0.1, 0.15) is 17.9 Å². The predicted molar refractivity (Wildman–Crippen MR) is 51.9 cm³/mol. The van der Waals surface area contributed by atoms with Gasteiger partial charge in [-0.15, -0.1) is 0 Å². The first-order valence-corrected chi connectivity index (χ1v) is 4.65. The fraction of sp³-hybridized carbons (Fsp3) is 0.500. The molecule has 1 saturated heterocycles. The Bertz CT molecular complexity index is 350. The van der Waals surface area contributed by atoms with Gasteiger partial charge in [-0.1, -0.05) is 6.07 Å². The normalized spacial score (nSPS) is 22.1. The van der Waals surface area contributed by atoms with Gasteiger partial charge in [0, 0.05) is 31.3 Å². The average Bonchev–Trinajstić information content (AvgIpc) is 2.62. The van der Waals surface area contributed by atoms with Crippen molar-refractivity contribution < 1.29 is 0 Å². The SMILES string of the molecule is Cn1cccc(C2CCNC2)c1=O. The Labute approximate surface area is 77.4 Å². The molecule has 13 heavy (non-hydrogen) atoms. The van der Waals surface area contributed by atoms with Crippen LogP contribution in [0.25, 0.3) is 0 Å². The summed E-state index contributed by atoms with van der Waals surface area (Å²) in [6.45, 7) is 1.97. The maximum atomic E-state index is 11.7. The van der Waals surface area contributed by atoms with Crippen molar-refractivity contribution in [1.29, 1.82) is 0 Å². The lowest BCUT2D eigenvalue weighted by Gasteiger charge is -2.08. The molecule has 0 saturated carbocycles. The van der Waals surface area contributed by atoms with Gasteiger partial charge in [-0.25, -0.2) is 0 Å². The van der Waals surface area contributed by atoms with E-state index in [1.165, 1.54) is 0 Å². The third kappa shape index (κ3) is 1.52. The van der Waals surface area contributed by atoms with E-state index < -0.39 is 0 Å². The topological polar surface area (TPSA) is 34.0 Å². The third-order valence-electron chi connectivity index (χ3n) is 2.65. The molecule has 3 heteroatoms. The summed E-state index contributed by atoms with van der Waals surface area (Å²) in [5, 5.41) is 3.27. The molecule has 0 radical (unpaired) electrons. The number of nitrogens with one attached hydrogen (secondary N) is 1. The Morgan fingerprint density at radius 3 is 3.15 bits per heavy atom. The van der Waals surface area contributed by atoms with E-state index in [4.69, 9.17) is 0 Å². The highest BCUT2D eigenvalue weighted by Gasteiger charge is 2.19. The van der Waals surface area contributed by atoms with E-state index in [9.17, 15) is 4.79 Å². The zero-order chi connectivity index (χ0) is 9.26. The van der Waals surface area contributed by atoms with Gasteiger partial charge >= 0.3 is 0 Å². The van der Waals surface area contributed by atoms with Crippen molar-refractivity contribution in [1.82, 2.24) is 9.88 Å². The second-order valence-electron chi connectivity index (χ2n) is 3.57. The average molecular weight is 178 g/mol. The van der Waals surface area contributed by atoms with Crippen molar-refractivity contribution in [2.45, 2.75) is 12.3 Å². The maximum Gasteiger partial charge on any atom is 0.253 e. The largest absolute Gasteiger partial charge is 0.318 e. The Morgan fingerprint density at radius 2 is 2.46 bits per heavy atom. The van der Waals surface area contributed by atoms with Crippen molar-refractivity contribution in [2.24, 2.45) is 7.05 Å². The number of aromatic nitrogens is 1. The molecule has 1 aromatic heterocycles. The molecule has 1 unspecified atom stereocenters. The molecule has 0 amide bonds. The van der Waals surface area contributed by atoms with E-state index in [0.29, 0.717) is 5.92 Å². The van der Waals surface area contributed by atoms with Crippen LogP contribution in [0.15, 0.2) is 23.1 Å². The molecule has 2 heterocycles. The first kappa shape index (κ1) is 8.51. The van der Waals surface area contributed by atoms with Gasteiger partial charge in [-0.05, 0) is 19.0 Å². The summed E-state index contributed by atoms with van der Waals surface area (Å²) >= 11 is 0. The van der Waals surface area contributed by atoms with Crippen molar-refractivity contribution in [2.75, 3.05) is 13.1 Å². The minimum atomic E-state index is 0.149. The number of rotatable bonds is 1. The number of pyridine rings is 1. The second kappa shape index (κ2) is 3.34. The van der Waals surface area contributed by atoms with Crippen LogP contribution in [0.2, 0.25) is 0 Å². The van der Waals surface area contributed by atoms with Crippen LogP contribution >= 0.6 is 0 Å². The number of hydrogen-bond acceptors (Lipinski definition) is 2. The van der Waals surface area contributed by atoms with Crippen molar-refractivity contribution in [3.63, 3.8) is 0 Å². The first-order valence-electron chi connectivity index (χ1n) is 4.65. The van der Waals surface area contributed by atoms with Gasteiger partial charge in [-0.3, -0.25) is 4.79 Å². The Hall–Kier alpha value is -1.09. The monoisotopic (exact) mass is 178 g/mol. The maximum absolute atomic E-state index is 11.7. The Kier molecular flexibility index (Phi) is 2.19. The van der Waals surface area contributed by atoms with Crippen molar-refractivity contribution in [3.05, 3.63) is 34.2 Å². The minimum Gasteiger partial charge on any atom is -0.318 e. The lowest BCUT2D eigenvalue weighted by atomic mass is 10.0. The van der Waals surface area contributed by atoms with Gasteiger partial charge in [0.1, 0.15) is 0 Å². The fourth-order valence-electron chi connectivity index (χ4n) is 1.85. The zero-order valence-corrected chi connectivity index (χ0v) is 7.79. The highest BCUT2D eigenvalue weighted by atomic mass is 16.1. The van der Waals surface area contributed by atoms with Crippen molar-refractivity contribution >= 4 is 0 Å². The van der Waals surface area contributed by atoms with Crippen LogP contribution in [-0.2, 0) is 7.05 Å². The molecule has 0 spiro atoms. The fourth-order valence-corrected chi connectivity index (χ4v) is 1.85. The van der Waals surface area contributed by atoms with Crippen LogP contribution in [0, 0.1) is 0 Å². The van der Waals surface area contributed by atoms with E-state index in [2.05, 4.69) is 5.32 Å². The van der Waals surface area contributed by atoms with Crippen LogP contribution in [-0.4, -0.2) is 17.7 Å². The summed E-state index contributed by atoms with van der Waals surface area (Å²) in [5.74, 6) is 0.417.